The van der Waals surface area contributed by atoms with Crippen molar-refractivity contribution in [3.05, 3.63) is 17.4 Å². The molecule has 2 fully saturated rings. The summed E-state index contributed by atoms with van der Waals surface area (Å²) in [6.07, 6.45) is 4.15. The van der Waals surface area contributed by atoms with E-state index in [1.807, 2.05) is 12.2 Å². The number of esters is 2. The van der Waals surface area contributed by atoms with Crippen LogP contribution in [0, 0.1) is 23.0 Å². The summed E-state index contributed by atoms with van der Waals surface area (Å²) in [6, 6.07) is 0. The lowest BCUT2D eigenvalue weighted by Gasteiger charge is -2.28. The van der Waals surface area contributed by atoms with E-state index in [1.54, 1.807) is 0 Å². The second kappa shape index (κ2) is 4.31. The molecule has 0 unspecified atom stereocenters. The summed E-state index contributed by atoms with van der Waals surface area (Å²) >= 11 is 0. The number of hydroxylamine groups is 1. The van der Waals surface area contributed by atoms with Crippen LogP contribution in [-0.2, 0) is 28.7 Å². The van der Waals surface area contributed by atoms with Crippen molar-refractivity contribution in [2.24, 2.45) is 17.8 Å². The molecule has 0 radical (unpaired) electrons. The van der Waals surface area contributed by atoms with Gasteiger partial charge in [0.15, 0.2) is 0 Å². The molecule has 2 aliphatic carbocycles. The number of carbonyl (C=O) groups excluding carboxylic acids is 3. The van der Waals surface area contributed by atoms with E-state index in [0.717, 1.165) is 20.6 Å². The van der Waals surface area contributed by atoms with Crippen LogP contribution in [0.3, 0.4) is 0 Å². The Morgan fingerprint density at radius 3 is 2.70 bits per heavy atom. The normalized spacial score (nSPS) is 39.7. The van der Waals surface area contributed by atoms with Gasteiger partial charge in [0, 0.05) is 11.8 Å². The van der Waals surface area contributed by atoms with Crippen molar-refractivity contribution in [1.82, 2.24) is 5.17 Å². The Kier molecular flexibility index (Phi) is 2.66. The van der Waals surface area contributed by atoms with Crippen molar-refractivity contribution in [2.75, 3.05) is 14.2 Å². The number of allylic oxidation sites excluding steroid dienone is 1. The first kappa shape index (κ1) is 14.2. The Morgan fingerprint density at radius 2 is 2.04 bits per heavy atom. The zero-order valence-electron chi connectivity index (χ0n) is 12.4. The molecule has 0 aromatic rings. The molecule has 1 saturated heterocycles. The Labute approximate surface area is 130 Å². The maximum atomic E-state index is 12.9. The van der Waals surface area contributed by atoms with Crippen LogP contribution in [0.15, 0.2) is 12.2 Å². The number of Topliss-reactive ketones (excluding diaryl/α,β-unsaturated/α-hetero) is 1. The second-order valence-electron chi connectivity index (χ2n) is 6.02. The van der Waals surface area contributed by atoms with Crippen LogP contribution >= 0.6 is 0 Å². The van der Waals surface area contributed by atoms with Crippen molar-refractivity contribution < 1.29 is 33.5 Å². The standard InChI is InChI=1S/C14H14N2O7/c1-21-12(18)9-11(17)14(13(19)22-2)8-6-3-4-7(5-6)10(8)23-16(14)15(9)20/h3-4,6-8,10H,5H2,1-2H3/t6-,7+,8+,10-,14-/m0/s1. The summed E-state index contributed by atoms with van der Waals surface area (Å²) in [4.78, 5) is 42.9. The van der Waals surface area contributed by atoms with E-state index in [-0.39, 0.29) is 16.7 Å². The fourth-order valence-electron chi connectivity index (χ4n) is 4.31. The third kappa shape index (κ3) is 1.37. The summed E-state index contributed by atoms with van der Waals surface area (Å²) in [5, 5.41) is 13.1. The molecule has 1 saturated carbocycles. The van der Waals surface area contributed by atoms with Gasteiger partial charge >= 0.3 is 17.7 Å². The number of hydrazine groups is 1. The highest BCUT2D eigenvalue weighted by atomic mass is 16.8. The first-order chi connectivity index (χ1) is 11.0. The number of hydrazone groups is 1. The highest BCUT2D eigenvalue weighted by molar-refractivity contribution is 6.66. The zero-order valence-corrected chi connectivity index (χ0v) is 12.4. The minimum atomic E-state index is -1.96. The van der Waals surface area contributed by atoms with Gasteiger partial charge in [0.1, 0.15) is 6.10 Å². The first-order valence-corrected chi connectivity index (χ1v) is 7.19. The molecule has 23 heavy (non-hydrogen) atoms. The average molecular weight is 322 g/mol. The monoisotopic (exact) mass is 322 g/mol. The number of nitrogens with zero attached hydrogens (tertiary/aromatic N) is 2. The van der Waals surface area contributed by atoms with Gasteiger partial charge in [0.05, 0.1) is 14.2 Å². The lowest BCUT2D eigenvalue weighted by Crippen LogP contribution is -2.60. The van der Waals surface area contributed by atoms with Crippen molar-refractivity contribution in [3.63, 3.8) is 0 Å². The number of hydrogen-bond acceptors (Lipinski definition) is 8. The number of rotatable bonds is 2. The second-order valence-corrected chi connectivity index (χ2v) is 6.02. The number of hydrogen-bond donors (Lipinski definition) is 0. The van der Waals surface area contributed by atoms with Crippen molar-refractivity contribution >= 4 is 23.4 Å². The largest absolute Gasteiger partial charge is 0.594 e. The first-order valence-electron chi connectivity index (χ1n) is 7.19. The van der Waals surface area contributed by atoms with Gasteiger partial charge in [-0.3, -0.25) is 4.79 Å². The van der Waals surface area contributed by atoms with Crippen LogP contribution in [0.25, 0.3) is 0 Å². The third-order valence-electron chi connectivity index (χ3n) is 5.19. The van der Waals surface area contributed by atoms with E-state index in [2.05, 4.69) is 4.74 Å². The Hall–Kier alpha value is -2.42. The molecule has 2 aliphatic heterocycles. The number of carbonyl (C=O) groups is 3. The van der Waals surface area contributed by atoms with Gasteiger partial charge in [-0.2, -0.15) is 0 Å². The summed E-state index contributed by atoms with van der Waals surface area (Å²) in [7, 11) is 2.18. The molecule has 0 aromatic carbocycles. The highest BCUT2D eigenvalue weighted by Crippen LogP contribution is 2.57. The van der Waals surface area contributed by atoms with E-state index in [1.165, 1.54) is 0 Å². The van der Waals surface area contributed by atoms with Gasteiger partial charge in [-0.05, 0) is 22.4 Å². The predicted molar refractivity (Wildman–Crippen MR) is 71.3 cm³/mol. The lowest BCUT2D eigenvalue weighted by atomic mass is 9.72. The summed E-state index contributed by atoms with van der Waals surface area (Å²) in [5.74, 6) is -3.59. The smallest absolute Gasteiger partial charge is 0.411 e. The fourth-order valence-corrected chi connectivity index (χ4v) is 4.31. The Morgan fingerprint density at radius 1 is 1.35 bits per heavy atom. The summed E-state index contributed by atoms with van der Waals surface area (Å²) < 4.78 is 9.28. The SMILES string of the molecule is COC(=O)C1=[N+]([O-])N2O[C@@H]3[C@@H]([C@H]4C=C[C@@H]3C4)[C@@]2(C(=O)OC)C1=O. The minimum Gasteiger partial charge on any atom is -0.594 e. The van der Waals surface area contributed by atoms with Crippen molar-refractivity contribution in [2.45, 2.75) is 18.1 Å². The molecular weight excluding hydrogens is 308 g/mol. The van der Waals surface area contributed by atoms with Crippen LogP contribution < -0.4 is 0 Å². The molecule has 0 spiro atoms. The molecule has 9 nitrogen and oxygen atoms in total. The van der Waals surface area contributed by atoms with E-state index >= 15 is 0 Å². The predicted octanol–water partition coefficient (Wildman–Crippen LogP) is -1.04. The van der Waals surface area contributed by atoms with E-state index in [9.17, 15) is 19.6 Å². The lowest BCUT2D eigenvalue weighted by molar-refractivity contribution is -0.716. The van der Waals surface area contributed by atoms with Crippen LogP contribution in [0.5, 0.6) is 0 Å². The van der Waals surface area contributed by atoms with Crippen LogP contribution in [0.2, 0.25) is 0 Å². The molecule has 5 atom stereocenters. The van der Waals surface area contributed by atoms with E-state index in [0.29, 0.717) is 5.17 Å². The summed E-state index contributed by atoms with van der Waals surface area (Å²) in [5.41, 5.74) is -2.74. The van der Waals surface area contributed by atoms with Gasteiger partial charge in [0.25, 0.3) is 11.3 Å². The molecule has 4 rings (SSSR count). The molecular formula is C14H14N2O7. The topological polar surface area (TPSA) is 108 Å². The molecule has 0 N–H and O–H groups in total. The Bertz CT molecular complexity index is 699. The maximum Gasteiger partial charge on any atom is 0.411 e. The van der Waals surface area contributed by atoms with Gasteiger partial charge in [-0.25, -0.2) is 14.4 Å². The van der Waals surface area contributed by atoms with Gasteiger partial charge < -0.3 is 14.7 Å². The van der Waals surface area contributed by atoms with Crippen molar-refractivity contribution in [3.8, 4) is 0 Å². The number of ether oxygens (including phenoxy) is 2. The Balaban J connectivity index is 1.88. The number of methoxy groups -OCH3 is 2. The molecule has 2 heterocycles. The van der Waals surface area contributed by atoms with E-state index < -0.39 is 41.0 Å². The minimum absolute atomic E-state index is 0.0167. The average Bonchev–Trinajstić information content (AvgIpc) is 3.26. The van der Waals surface area contributed by atoms with Crippen molar-refractivity contribution in [1.29, 1.82) is 0 Å². The fraction of sp³-hybridized carbons (Fsp3) is 0.571. The van der Waals surface area contributed by atoms with Crippen LogP contribution in [0.4, 0.5) is 0 Å². The van der Waals surface area contributed by atoms with Gasteiger partial charge in [-0.15, -0.1) is 0 Å². The van der Waals surface area contributed by atoms with Gasteiger partial charge in [-0.1, -0.05) is 12.2 Å². The molecule has 0 amide bonds. The van der Waals surface area contributed by atoms with Gasteiger partial charge in [0.2, 0.25) is 0 Å². The molecule has 2 bridgehead atoms. The number of fused-ring (bicyclic) bond motifs is 7. The zero-order chi connectivity index (χ0) is 16.5. The quantitative estimate of drug-likeness (QED) is 0.208. The maximum absolute atomic E-state index is 12.9. The number of ketones is 1. The summed E-state index contributed by atoms with van der Waals surface area (Å²) in [6.45, 7) is 0. The van der Waals surface area contributed by atoms with Crippen LogP contribution in [0.1, 0.15) is 6.42 Å². The van der Waals surface area contributed by atoms with E-state index in [4.69, 9.17) is 9.57 Å². The molecule has 122 valence electrons. The highest BCUT2D eigenvalue weighted by Gasteiger charge is 2.80. The molecule has 0 aromatic heterocycles. The van der Waals surface area contributed by atoms with Crippen LogP contribution in [-0.4, -0.2) is 59.3 Å². The molecule has 9 heteroatoms. The third-order valence-corrected chi connectivity index (χ3v) is 5.19. The molecule has 4 aliphatic rings.